The zero-order valence-corrected chi connectivity index (χ0v) is 13.3. The van der Waals surface area contributed by atoms with Crippen molar-refractivity contribution in [1.82, 2.24) is 5.32 Å². The van der Waals surface area contributed by atoms with Crippen LogP contribution < -0.4 is 5.32 Å². The van der Waals surface area contributed by atoms with Crippen molar-refractivity contribution in [2.24, 2.45) is 0 Å². The third-order valence-electron chi connectivity index (χ3n) is 3.23. The number of nitriles is 1. The Hall–Kier alpha value is -2.38. The van der Waals surface area contributed by atoms with Gasteiger partial charge in [-0.2, -0.15) is 5.26 Å². The van der Waals surface area contributed by atoms with Crippen LogP contribution in [0.15, 0.2) is 48.5 Å². The van der Waals surface area contributed by atoms with E-state index in [1.54, 1.807) is 11.3 Å². The quantitative estimate of drug-likeness (QED) is 0.655. The summed E-state index contributed by atoms with van der Waals surface area (Å²) in [5, 5.41) is 12.0. The molecule has 1 amide bonds. The number of hydrogen-bond donors (Lipinski definition) is 1. The van der Waals surface area contributed by atoms with Crippen molar-refractivity contribution < 1.29 is 4.79 Å². The predicted octanol–water partition coefficient (Wildman–Crippen LogP) is 3.58. The van der Waals surface area contributed by atoms with Crippen LogP contribution in [0.4, 0.5) is 0 Å². The Morgan fingerprint density at radius 1 is 1.27 bits per heavy atom. The molecule has 1 aromatic heterocycles. The van der Waals surface area contributed by atoms with Crippen molar-refractivity contribution >= 4 is 22.8 Å². The number of carbonyl (C=O) groups excluding carboxylic acids is 1. The van der Waals surface area contributed by atoms with Crippen LogP contribution in [0.3, 0.4) is 0 Å². The first-order valence-corrected chi connectivity index (χ1v) is 8.07. The van der Waals surface area contributed by atoms with E-state index >= 15 is 0 Å². The molecular formula is C18H18N2OS. The third-order valence-corrected chi connectivity index (χ3v) is 4.49. The maximum absolute atomic E-state index is 11.9. The standard InChI is InChI=1S/C18H18N2OS/c1-2-16-8-9-17(22-16)15(13-19)12-18(21)20-11-10-14-6-4-3-5-7-14/h3-9,12H,2,10-11H2,1H3,(H,20,21)/b15-12+. The van der Waals surface area contributed by atoms with Crippen LogP contribution in [0.2, 0.25) is 0 Å². The van der Waals surface area contributed by atoms with E-state index in [2.05, 4.69) is 18.3 Å². The lowest BCUT2D eigenvalue weighted by atomic mass is 10.1. The van der Waals surface area contributed by atoms with Crippen LogP contribution in [0.25, 0.3) is 5.57 Å². The van der Waals surface area contributed by atoms with Crippen LogP contribution in [0.5, 0.6) is 0 Å². The second kappa shape index (κ2) is 8.16. The van der Waals surface area contributed by atoms with Gasteiger partial charge in [-0.1, -0.05) is 37.3 Å². The van der Waals surface area contributed by atoms with Gasteiger partial charge < -0.3 is 5.32 Å². The number of thiophene rings is 1. The zero-order valence-electron chi connectivity index (χ0n) is 12.5. The average Bonchev–Trinajstić information content (AvgIpc) is 3.02. The Morgan fingerprint density at radius 3 is 2.68 bits per heavy atom. The molecule has 1 N–H and O–H groups in total. The van der Waals surface area contributed by atoms with Gasteiger partial charge in [-0.25, -0.2) is 0 Å². The summed E-state index contributed by atoms with van der Waals surface area (Å²) in [6, 6.07) is 16.0. The predicted molar refractivity (Wildman–Crippen MR) is 90.4 cm³/mol. The molecule has 0 radical (unpaired) electrons. The summed E-state index contributed by atoms with van der Waals surface area (Å²) in [4.78, 5) is 14.0. The lowest BCUT2D eigenvalue weighted by molar-refractivity contribution is -0.116. The number of aryl methyl sites for hydroxylation is 1. The summed E-state index contributed by atoms with van der Waals surface area (Å²) in [6.45, 7) is 2.63. The summed E-state index contributed by atoms with van der Waals surface area (Å²) in [5.41, 5.74) is 1.60. The molecule has 0 aliphatic carbocycles. The summed E-state index contributed by atoms with van der Waals surface area (Å²) in [5.74, 6) is -0.223. The van der Waals surface area contributed by atoms with Gasteiger partial charge >= 0.3 is 0 Å². The highest BCUT2D eigenvalue weighted by atomic mass is 32.1. The van der Waals surface area contributed by atoms with Gasteiger partial charge in [0.25, 0.3) is 0 Å². The number of benzene rings is 1. The molecule has 22 heavy (non-hydrogen) atoms. The van der Waals surface area contributed by atoms with Gasteiger partial charge in [-0.15, -0.1) is 11.3 Å². The number of nitrogens with zero attached hydrogens (tertiary/aromatic N) is 1. The Morgan fingerprint density at radius 2 is 2.05 bits per heavy atom. The molecule has 0 saturated carbocycles. The van der Waals surface area contributed by atoms with E-state index in [1.165, 1.54) is 16.5 Å². The Kier molecular flexibility index (Phi) is 5.93. The lowest BCUT2D eigenvalue weighted by Gasteiger charge is -2.03. The van der Waals surface area contributed by atoms with Crippen LogP contribution in [0.1, 0.15) is 22.2 Å². The molecule has 0 bridgehead atoms. The molecule has 0 fully saturated rings. The van der Waals surface area contributed by atoms with Crippen LogP contribution in [-0.2, 0) is 17.6 Å². The van der Waals surface area contributed by atoms with E-state index in [0.29, 0.717) is 12.1 Å². The first kappa shape index (κ1) is 16.0. The number of allylic oxidation sites excluding steroid dienone is 1. The van der Waals surface area contributed by atoms with E-state index in [9.17, 15) is 10.1 Å². The van der Waals surface area contributed by atoms with Crippen molar-refractivity contribution in [2.75, 3.05) is 6.54 Å². The molecule has 4 heteroatoms. The van der Waals surface area contributed by atoms with Gasteiger partial charge in [0.2, 0.25) is 5.91 Å². The van der Waals surface area contributed by atoms with Gasteiger partial charge in [-0.3, -0.25) is 4.79 Å². The maximum atomic E-state index is 11.9. The van der Waals surface area contributed by atoms with Crippen molar-refractivity contribution in [3.8, 4) is 6.07 Å². The first-order chi connectivity index (χ1) is 10.7. The minimum Gasteiger partial charge on any atom is -0.352 e. The molecule has 0 aliphatic heterocycles. The molecule has 0 atom stereocenters. The second-order valence-electron chi connectivity index (χ2n) is 4.82. The minimum atomic E-state index is -0.223. The zero-order chi connectivity index (χ0) is 15.8. The molecule has 112 valence electrons. The summed E-state index contributed by atoms with van der Waals surface area (Å²) in [7, 11) is 0. The number of rotatable bonds is 6. The Bertz CT molecular complexity index is 695. The fourth-order valence-corrected chi connectivity index (χ4v) is 2.94. The summed E-state index contributed by atoms with van der Waals surface area (Å²) in [6.07, 6.45) is 3.10. The van der Waals surface area contributed by atoms with Crippen LogP contribution >= 0.6 is 11.3 Å². The van der Waals surface area contributed by atoms with Crippen molar-refractivity contribution in [2.45, 2.75) is 19.8 Å². The van der Waals surface area contributed by atoms with Gasteiger partial charge in [0.1, 0.15) is 6.07 Å². The highest BCUT2D eigenvalue weighted by Crippen LogP contribution is 2.24. The third kappa shape index (κ3) is 4.57. The monoisotopic (exact) mass is 310 g/mol. The second-order valence-corrected chi connectivity index (χ2v) is 5.98. The fourth-order valence-electron chi connectivity index (χ4n) is 2.03. The Labute approximate surface area is 134 Å². The first-order valence-electron chi connectivity index (χ1n) is 7.25. The van der Waals surface area contributed by atoms with Crippen LogP contribution in [0, 0.1) is 11.3 Å². The number of carbonyl (C=O) groups is 1. The minimum absolute atomic E-state index is 0.223. The average molecular weight is 310 g/mol. The van der Waals surface area contributed by atoms with Crippen molar-refractivity contribution in [3.05, 3.63) is 63.9 Å². The molecule has 2 aromatic rings. The molecule has 0 saturated heterocycles. The van der Waals surface area contributed by atoms with Gasteiger partial charge in [0.05, 0.1) is 5.57 Å². The Balaban J connectivity index is 1.92. The highest BCUT2D eigenvalue weighted by molar-refractivity contribution is 7.13. The van der Waals surface area contributed by atoms with Crippen molar-refractivity contribution in [3.63, 3.8) is 0 Å². The smallest absolute Gasteiger partial charge is 0.245 e. The SMILES string of the molecule is CCc1ccc(/C(C#N)=C/C(=O)NCCc2ccccc2)s1. The topological polar surface area (TPSA) is 52.9 Å². The molecule has 2 rings (SSSR count). The molecule has 1 heterocycles. The molecular weight excluding hydrogens is 292 g/mol. The molecule has 0 aliphatic rings. The molecule has 0 unspecified atom stereocenters. The number of hydrogen-bond acceptors (Lipinski definition) is 3. The molecule has 0 spiro atoms. The van der Waals surface area contributed by atoms with E-state index in [1.807, 2.05) is 42.5 Å². The van der Waals surface area contributed by atoms with Gasteiger partial charge in [0, 0.05) is 22.4 Å². The number of amides is 1. The largest absolute Gasteiger partial charge is 0.352 e. The fraction of sp³-hybridized carbons (Fsp3) is 0.222. The van der Waals surface area contributed by atoms with E-state index in [4.69, 9.17) is 0 Å². The van der Waals surface area contributed by atoms with Crippen LogP contribution in [-0.4, -0.2) is 12.5 Å². The normalized spacial score (nSPS) is 11.0. The number of nitrogens with one attached hydrogen (secondary N) is 1. The van der Waals surface area contributed by atoms with Crippen molar-refractivity contribution in [1.29, 1.82) is 5.26 Å². The van der Waals surface area contributed by atoms with E-state index in [0.717, 1.165) is 17.7 Å². The van der Waals surface area contributed by atoms with E-state index in [-0.39, 0.29) is 5.91 Å². The van der Waals surface area contributed by atoms with E-state index < -0.39 is 0 Å². The maximum Gasteiger partial charge on any atom is 0.245 e. The molecule has 3 nitrogen and oxygen atoms in total. The molecule has 1 aromatic carbocycles. The summed E-state index contributed by atoms with van der Waals surface area (Å²) < 4.78 is 0. The van der Waals surface area contributed by atoms with Gasteiger partial charge in [0.15, 0.2) is 0 Å². The van der Waals surface area contributed by atoms with Gasteiger partial charge in [-0.05, 0) is 30.5 Å². The summed E-state index contributed by atoms with van der Waals surface area (Å²) >= 11 is 1.56. The highest BCUT2D eigenvalue weighted by Gasteiger charge is 2.07. The lowest BCUT2D eigenvalue weighted by Crippen LogP contribution is -2.23.